The smallest absolute Gasteiger partial charge is 0.252 e. The van der Waals surface area contributed by atoms with Crippen molar-refractivity contribution >= 4 is 23.2 Å². The predicted octanol–water partition coefficient (Wildman–Crippen LogP) is 3.44. The van der Waals surface area contributed by atoms with Crippen molar-refractivity contribution in [2.45, 2.75) is 32.2 Å². The Balaban J connectivity index is 1.49. The third-order valence-electron chi connectivity index (χ3n) is 4.27. The standard InChI is InChI=1S/C19H22N2O2S/c1-13-2-4-14(5-3-13)18(15-6-7-15)21-17(22)8-10-20-19(23)16-9-11-24-12-16/h2-5,9,11-12,15,18H,6-8,10H2,1H3,(H,20,23)(H,21,22). The molecule has 1 atom stereocenters. The minimum Gasteiger partial charge on any atom is -0.351 e. The monoisotopic (exact) mass is 342 g/mol. The lowest BCUT2D eigenvalue weighted by molar-refractivity contribution is -0.121. The maximum Gasteiger partial charge on any atom is 0.252 e. The molecule has 24 heavy (non-hydrogen) atoms. The van der Waals surface area contributed by atoms with Crippen LogP contribution in [0.3, 0.4) is 0 Å². The van der Waals surface area contributed by atoms with Crippen molar-refractivity contribution in [2.24, 2.45) is 5.92 Å². The van der Waals surface area contributed by atoms with Crippen molar-refractivity contribution in [1.82, 2.24) is 10.6 Å². The molecule has 0 saturated heterocycles. The number of nitrogens with one attached hydrogen (secondary N) is 2. The number of benzene rings is 1. The highest BCUT2D eigenvalue weighted by Crippen LogP contribution is 2.41. The van der Waals surface area contributed by atoms with Crippen molar-refractivity contribution < 1.29 is 9.59 Å². The van der Waals surface area contributed by atoms with E-state index in [1.807, 2.05) is 5.38 Å². The summed E-state index contributed by atoms with van der Waals surface area (Å²) in [6.45, 7) is 2.41. The third kappa shape index (κ3) is 4.45. The number of amides is 2. The average Bonchev–Trinajstić information content (AvgIpc) is 3.26. The van der Waals surface area contributed by atoms with Crippen LogP contribution >= 0.6 is 11.3 Å². The van der Waals surface area contributed by atoms with E-state index in [9.17, 15) is 9.59 Å². The lowest BCUT2D eigenvalue weighted by Gasteiger charge is -2.19. The molecule has 1 saturated carbocycles. The van der Waals surface area contributed by atoms with E-state index in [4.69, 9.17) is 0 Å². The van der Waals surface area contributed by atoms with Crippen LogP contribution in [0.4, 0.5) is 0 Å². The molecule has 1 heterocycles. The van der Waals surface area contributed by atoms with Crippen molar-refractivity contribution in [3.8, 4) is 0 Å². The van der Waals surface area contributed by atoms with Crippen molar-refractivity contribution in [2.75, 3.05) is 6.54 Å². The van der Waals surface area contributed by atoms with Gasteiger partial charge < -0.3 is 10.6 Å². The average molecular weight is 342 g/mol. The van der Waals surface area contributed by atoms with E-state index in [2.05, 4.69) is 41.8 Å². The van der Waals surface area contributed by atoms with Gasteiger partial charge in [-0.3, -0.25) is 9.59 Å². The Labute approximate surface area is 146 Å². The van der Waals surface area contributed by atoms with Gasteiger partial charge in [0.1, 0.15) is 0 Å². The van der Waals surface area contributed by atoms with Crippen LogP contribution in [0.2, 0.25) is 0 Å². The minimum absolute atomic E-state index is 0.0157. The lowest BCUT2D eigenvalue weighted by atomic mass is 10.0. The minimum atomic E-state index is -0.124. The van der Waals surface area contributed by atoms with Gasteiger partial charge in [0.05, 0.1) is 6.04 Å². The van der Waals surface area contributed by atoms with Crippen LogP contribution in [0.1, 0.15) is 46.8 Å². The first kappa shape index (κ1) is 16.7. The fourth-order valence-corrected chi connectivity index (χ4v) is 3.34. The quantitative estimate of drug-likeness (QED) is 0.810. The van der Waals surface area contributed by atoms with Crippen LogP contribution in [-0.4, -0.2) is 18.4 Å². The van der Waals surface area contributed by atoms with Gasteiger partial charge in [-0.15, -0.1) is 0 Å². The Morgan fingerprint density at radius 2 is 1.96 bits per heavy atom. The predicted molar refractivity (Wildman–Crippen MR) is 96.1 cm³/mol. The fourth-order valence-electron chi connectivity index (χ4n) is 2.71. The summed E-state index contributed by atoms with van der Waals surface area (Å²) in [5.41, 5.74) is 3.03. The molecule has 1 aliphatic rings. The van der Waals surface area contributed by atoms with E-state index < -0.39 is 0 Å². The zero-order valence-corrected chi connectivity index (χ0v) is 14.6. The largest absolute Gasteiger partial charge is 0.351 e. The van der Waals surface area contributed by atoms with E-state index in [1.54, 1.807) is 11.4 Å². The Kier molecular flexibility index (Phi) is 5.30. The summed E-state index contributed by atoms with van der Waals surface area (Å²) in [7, 11) is 0. The molecule has 1 aromatic heterocycles. The summed E-state index contributed by atoms with van der Waals surface area (Å²) < 4.78 is 0. The molecule has 1 aliphatic carbocycles. The molecule has 126 valence electrons. The Bertz CT molecular complexity index is 691. The van der Waals surface area contributed by atoms with E-state index >= 15 is 0 Å². The van der Waals surface area contributed by atoms with Gasteiger partial charge in [-0.25, -0.2) is 0 Å². The Hall–Kier alpha value is -2.14. The number of hydrogen-bond acceptors (Lipinski definition) is 3. The number of carbonyl (C=O) groups excluding carboxylic acids is 2. The molecule has 2 aromatic rings. The topological polar surface area (TPSA) is 58.2 Å². The van der Waals surface area contributed by atoms with Gasteiger partial charge in [0.15, 0.2) is 0 Å². The van der Waals surface area contributed by atoms with Gasteiger partial charge >= 0.3 is 0 Å². The molecule has 1 aromatic carbocycles. The molecule has 5 heteroatoms. The molecular weight excluding hydrogens is 320 g/mol. The third-order valence-corrected chi connectivity index (χ3v) is 4.95. The Morgan fingerprint density at radius 1 is 1.21 bits per heavy atom. The molecule has 0 spiro atoms. The van der Waals surface area contributed by atoms with Crippen LogP contribution in [0, 0.1) is 12.8 Å². The van der Waals surface area contributed by atoms with Gasteiger partial charge in [0, 0.05) is 23.9 Å². The van der Waals surface area contributed by atoms with Gasteiger partial charge in [0.25, 0.3) is 5.91 Å². The van der Waals surface area contributed by atoms with E-state index in [-0.39, 0.29) is 17.9 Å². The second-order valence-electron chi connectivity index (χ2n) is 6.31. The summed E-state index contributed by atoms with van der Waals surface area (Å²) in [6, 6.07) is 10.2. The zero-order valence-electron chi connectivity index (χ0n) is 13.7. The summed E-state index contributed by atoms with van der Waals surface area (Å²) in [4.78, 5) is 24.1. The van der Waals surface area contributed by atoms with Gasteiger partial charge in [-0.1, -0.05) is 29.8 Å². The first-order valence-electron chi connectivity index (χ1n) is 8.30. The maximum atomic E-state index is 12.2. The number of rotatable bonds is 7. The first-order chi connectivity index (χ1) is 11.6. The molecule has 4 nitrogen and oxygen atoms in total. The van der Waals surface area contributed by atoms with Crippen LogP contribution in [0.5, 0.6) is 0 Å². The van der Waals surface area contributed by atoms with E-state index in [1.165, 1.54) is 22.5 Å². The normalized spacial score (nSPS) is 14.9. The molecule has 1 unspecified atom stereocenters. The summed E-state index contributed by atoms with van der Waals surface area (Å²) >= 11 is 1.48. The number of carbonyl (C=O) groups is 2. The van der Waals surface area contributed by atoms with E-state index in [0.717, 1.165) is 12.8 Å². The van der Waals surface area contributed by atoms with Crippen LogP contribution in [-0.2, 0) is 4.79 Å². The highest BCUT2D eigenvalue weighted by molar-refractivity contribution is 7.08. The molecule has 0 radical (unpaired) electrons. The summed E-state index contributed by atoms with van der Waals surface area (Å²) in [5, 5.41) is 9.59. The molecular formula is C19H22N2O2S. The summed E-state index contributed by atoms with van der Waals surface area (Å²) in [5.74, 6) is 0.400. The second kappa shape index (κ2) is 7.62. The van der Waals surface area contributed by atoms with Gasteiger partial charge in [0.2, 0.25) is 5.91 Å². The van der Waals surface area contributed by atoms with Crippen molar-refractivity contribution in [3.63, 3.8) is 0 Å². The SMILES string of the molecule is Cc1ccc(C(NC(=O)CCNC(=O)c2ccsc2)C2CC2)cc1. The van der Waals surface area contributed by atoms with Crippen molar-refractivity contribution in [3.05, 3.63) is 57.8 Å². The highest BCUT2D eigenvalue weighted by atomic mass is 32.1. The molecule has 2 amide bonds. The Morgan fingerprint density at radius 3 is 2.58 bits per heavy atom. The van der Waals surface area contributed by atoms with Gasteiger partial charge in [-0.2, -0.15) is 11.3 Å². The highest BCUT2D eigenvalue weighted by Gasteiger charge is 2.33. The molecule has 0 aliphatic heterocycles. The molecule has 3 rings (SSSR count). The van der Waals surface area contributed by atoms with E-state index in [0.29, 0.717) is 24.4 Å². The number of hydrogen-bond donors (Lipinski definition) is 2. The van der Waals surface area contributed by atoms with Crippen LogP contribution in [0.15, 0.2) is 41.1 Å². The molecule has 2 N–H and O–H groups in total. The molecule has 1 fully saturated rings. The summed E-state index contributed by atoms with van der Waals surface area (Å²) in [6.07, 6.45) is 2.62. The van der Waals surface area contributed by atoms with Gasteiger partial charge in [-0.05, 0) is 42.7 Å². The zero-order chi connectivity index (χ0) is 16.9. The van der Waals surface area contributed by atoms with Crippen LogP contribution < -0.4 is 10.6 Å². The fraction of sp³-hybridized carbons (Fsp3) is 0.368. The van der Waals surface area contributed by atoms with Crippen LogP contribution in [0.25, 0.3) is 0 Å². The second-order valence-corrected chi connectivity index (χ2v) is 7.09. The molecule has 0 bridgehead atoms. The maximum absolute atomic E-state index is 12.2. The first-order valence-corrected chi connectivity index (χ1v) is 9.24. The van der Waals surface area contributed by atoms with Crippen molar-refractivity contribution in [1.29, 1.82) is 0 Å². The lowest BCUT2D eigenvalue weighted by Crippen LogP contribution is -2.33. The number of thiophene rings is 1. The number of aryl methyl sites for hydroxylation is 1.